The molecule has 0 saturated carbocycles. The molecule has 4 rings (SSSR count). The Morgan fingerprint density at radius 3 is 2.37 bits per heavy atom. The van der Waals surface area contributed by atoms with Crippen molar-refractivity contribution in [1.82, 2.24) is 15.0 Å². The van der Waals surface area contributed by atoms with Crippen molar-refractivity contribution >= 4 is 34.3 Å². The minimum Gasteiger partial charge on any atom is -0.339 e. The maximum absolute atomic E-state index is 12.4. The smallest absolute Gasteiger partial charge is 0.255 e. The fourth-order valence-electron chi connectivity index (χ4n) is 2.67. The first-order valence-electron chi connectivity index (χ1n) is 8.52. The fourth-order valence-corrected chi connectivity index (χ4v) is 2.67. The molecule has 0 fully saturated rings. The number of amides is 1. The number of aryl methyl sites for hydroxylation is 1. The quantitative estimate of drug-likeness (QED) is 0.569. The normalized spacial score (nSPS) is 10.6. The van der Waals surface area contributed by atoms with E-state index in [1.54, 1.807) is 24.4 Å². The molecule has 0 aliphatic rings. The molecular formula is C21H17N5O. The number of hydrogen-bond donors (Lipinski definition) is 2. The summed E-state index contributed by atoms with van der Waals surface area (Å²) >= 11 is 0. The molecule has 0 saturated heterocycles. The molecule has 0 bridgehead atoms. The Bertz CT molecular complexity index is 1100. The van der Waals surface area contributed by atoms with Crippen LogP contribution < -0.4 is 10.6 Å². The van der Waals surface area contributed by atoms with Crippen LogP contribution in [0.25, 0.3) is 11.2 Å². The maximum Gasteiger partial charge on any atom is 0.255 e. The summed E-state index contributed by atoms with van der Waals surface area (Å²) in [7, 11) is 0. The molecular weight excluding hydrogens is 338 g/mol. The molecule has 6 heteroatoms. The van der Waals surface area contributed by atoms with Crippen LogP contribution in [0.5, 0.6) is 0 Å². The van der Waals surface area contributed by atoms with Gasteiger partial charge in [0, 0.05) is 11.3 Å². The maximum atomic E-state index is 12.4. The Kier molecular flexibility index (Phi) is 4.45. The Morgan fingerprint density at radius 2 is 1.63 bits per heavy atom. The highest BCUT2D eigenvalue weighted by Crippen LogP contribution is 2.21. The Morgan fingerprint density at radius 1 is 0.926 bits per heavy atom. The first-order chi connectivity index (χ1) is 13.2. The number of nitrogens with zero attached hydrogens (tertiary/aromatic N) is 3. The number of fused-ring (bicyclic) bond motifs is 1. The summed E-state index contributed by atoms with van der Waals surface area (Å²) in [6.45, 7) is 1.83. The zero-order valence-corrected chi connectivity index (χ0v) is 14.7. The standard InChI is InChI=1S/C21H17N5O/c1-14-17(25-21(27)15-8-4-2-5-9-15)12-18-20(23-14)26-19(13-22-18)24-16-10-6-3-7-11-16/h2-13H,1H3,(H,25,27)(H,23,24,26). The molecule has 6 nitrogen and oxygen atoms in total. The van der Waals surface area contributed by atoms with Crippen LogP contribution in [-0.4, -0.2) is 20.9 Å². The predicted molar refractivity (Wildman–Crippen MR) is 106 cm³/mol. The van der Waals surface area contributed by atoms with Gasteiger partial charge in [-0.1, -0.05) is 36.4 Å². The summed E-state index contributed by atoms with van der Waals surface area (Å²) in [6.07, 6.45) is 1.65. The first kappa shape index (κ1) is 16.7. The summed E-state index contributed by atoms with van der Waals surface area (Å²) in [5.41, 5.74) is 3.95. The third-order valence-corrected chi connectivity index (χ3v) is 4.06. The van der Waals surface area contributed by atoms with E-state index in [9.17, 15) is 4.79 Å². The average molecular weight is 355 g/mol. The van der Waals surface area contributed by atoms with Crippen molar-refractivity contribution in [2.75, 3.05) is 10.6 Å². The summed E-state index contributed by atoms with van der Waals surface area (Å²) in [6, 6.07) is 20.6. The molecule has 0 atom stereocenters. The predicted octanol–water partition coefficient (Wildman–Crippen LogP) is 4.33. The van der Waals surface area contributed by atoms with Gasteiger partial charge >= 0.3 is 0 Å². The monoisotopic (exact) mass is 355 g/mol. The average Bonchev–Trinajstić information content (AvgIpc) is 2.70. The Balaban J connectivity index is 1.60. The van der Waals surface area contributed by atoms with Gasteiger partial charge < -0.3 is 10.6 Å². The zero-order valence-electron chi connectivity index (χ0n) is 14.7. The SMILES string of the molecule is Cc1nc2nc(Nc3ccccc3)cnc2cc1NC(=O)c1ccccc1. The molecule has 2 aromatic heterocycles. The highest BCUT2D eigenvalue weighted by molar-refractivity contribution is 6.05. The van der Waals surface area contributed by atoms with E-state index >= 15 is 0 Å². The number of pyridine rings is 1. The van der Waals surface area contributed by atoms with Crippen molar-refractivity contribution in [3.63, 3.8) is 0 Å². The van der Waals surface area contributed by atoms with Crippen LogP contribution in [0.2, 0.25) is 0 Å². The first-order valence-corrected chi connectivity index (χ1v) is 8.52. The van der Waals surface area contributed by atoms with Crippen molar-refractivity contribution in [2.24, 2.45) is 0 Å². The fraction of sp³-hybridized carbons (Fsp3) is 0.0476. The van der Waals surface area contributed by atoms with Gasteiger partial charge in [-0.15, -0.1) is 0 Å². The second-order valence-electron chi connectivity index (χ2n) is 6.03. The number of benzene rings is 2. The number of rotatable bonds is 4. The van der Waals surface area contributed by atoms with Crippen LogP contribution in [0.3, 0.4) is 0 Å². The van der Waals surface area contributed by atoms with Crippen LogP contribution in [0.15, 0.2) is 72.9 Å². The van der Waals surface area contributed by atoms with E-state index in [1.807, 2.05) is 55.5 Å². The topological polar surface area (TPSA) is 79.8 Å². The third kappa shape index (κ3) is 3.74. The van der Waals surface area contributed by atoms with Crippen molar-refractivity contribution in [2.45, 2.75) is 6.92 Å². The van der Waals surface area contributed by atoms with E-state index in [-0.39, 0.29) is 5.91 Å². The molecule has 2 heterocycles. The number of hydrogen-bond acceptors (Lipinski definition) is 5. The molecule has 132 valence electrons. The van der Waals surface area contributed by atoms with E-state index in [1.165, 1.54) is 0 Å². The van der Waals surface area contributed by atoms with Gasteiger partial charge in [-0.2, -0.15) is 0 Å². The van der Waals surface area contributed by atoms with E-state index in [0.29, 0.717) is 33.9 Å². The van der Waals surface area contributed by atoms with Gasteiger partial charge in [0.15, 0.2) is 11.5 Å². The van der Waals surface area contributed by atoms with Gasteiger partial charge in [0.25, 0.3) is 5.91 Å². The molecule has 1 amide bonds. The van der Waals surface area contributed by atoms with Crippen LogP contribution in [-0.2, 0) is 0 Å². The summed E-state index contributed by atoms with van der Waals surface area (Å²) in [5.74, 6) is 0.428. The largest absolute Gasteiger partial charge is 0.339 e. The molecule has 0 radical (unpaired) electrons. The number of carbonyl (C=O) groups is 1. The lowest BCUT2D eigenvalue weighted by atomic mass is 10.2. The molecule has 0 spiro atoms. The van der Waals surface area contributed by atoms with Crippen LogP contribution in [0.4, 0.5) is 17.2 Å². The van der Waals surface area contributed by atoms with E-state index in [2.05, 4.69) is 25.6 Å². The number of aromatic nitrogens is 3. The summed E-state index contributed by atoms with van der Waals surface area (Å²) in [4.78, 5) is 25.8. The molecule has 0 aliphatic heterocycles. The Labute approximate surface area is 156 Å². The lowest BCUT2D eigenvalue weighted by Gasteiger charge is -2.10. The Hall–Kier alpha value is -3.80. The minimum absolute atomic E-state index is 0.185. The number of anilines is 3. The van der Waals surface area contributed by atoms with Crippen molar-refractivity contribution < 1.29 is 4.79 Å². The van der Waals surface area contributed by atoms with E-state index < -0.39 is 0 Å². The highest BCUT2D eigenvalue weighted by Gasteiger charge is 2.11. The molecule has 0 aliphatic carbocycles. The van der Waals surface area contributed by atoms with Crippen LogP contribution >= 0.6 is 0 Å². The van der Waals surface area contributed by atoms with E-state index in [4.69, 9.17) is 0 Å². The lowest BCUT2D eigenvalue weighted by molar-refractivity contribution is 0.102. The van der Waals surface area contributed by atoms with Gasteiger partial charge in [0.2, 0.25) is 0 Å². The van der Waals surface area contributed by atoms with Gasteiger partial charge in [0.05, 0.1) is 17.6 Å². The second kappa shape index (κ2) is 7.21. The number of nitrogens with one attached hydrogen (secondary N) is 2. The van der Waals surface area contributed by atoms with Gasteiger partial charge in [-0.05, 0) is 37.3 Å². The summed E-state index contributed by atoms with van der Waals surface area (Å²) < 4.78 is 0. The zero-order chi connectivity index (χ0) is 18.6. The lowest BCUT2D eigenvalue weighted by Crippen LogP contribution is -2.13. The molecule has 4 aromatic rings. The van der Waals surface area contributed by atoms with Gasteiger partial charge in [0.1, 0.15) is 5.52 Å². The van der Waals surface area contributed by atoms with Gasteiger partial charge in [-0.25, -0.2) is 15.0 Å². The molecule has 0 unspecified atom stereocenters. The number of carbonyl (C=O) groups excluding carboxylic acids is 1. The summed E-state index contributed by atoms with van der Waals surface area (Å²) in [5, 5.41) is 6.09. The van der Waals surface area contributed by atoms with Gasteiger partial charge in [-0.3, -0.25) is 4.79 Å². The van der Waals surface area contributed by atoms with Crippen molar-refractivity contribution in [1.29, 1.82) is 0 Å². The van der Waals surface area contributed by atoms with Crippen LogP contribution in [0, 0.1) is 6.92 Å². The molecule has 27 heavy (non-hydrogen) atoms. The third-order valence-electron chi connectivity index (χ3n) is 4.06. The van der Waals surface area contributed by atoms with Crippen molar-refractivity contribution in [3.05, 3.63) is 84.2 Å². The highest BCUT2D eigenvalue weighted by atomic mass is 16.1. The second-order valence-corrected chi connectivity index (χ2v) is 6.03. The van der Waals surface area contributed by atoms with Crippen LogP contribution in [0.1, 0.15) is 16.1 Å². The van der Waals surface area contributed by atoms with E-state index in [0.717, 1.165) is 5.69 Å². The molecule has 2 N–H and O–H groups in total. The van der Waals surface area contributed by atoms with Crippen molar-refractivity contribution in [3.8, 4) is 0 Å². The molecule has 2 aromatic carbocycles. The number of para-hydroxylation sites is 1. The minimum atomic E-state index is -0.185.